The number of carboxylic acids is 1. The Morgan fingerprint density at radius 2 is 1.81 bits per heavy atom. The Bertz CT molecular complexity index is 667. The number of nitrogens with one attached hydrogen (secondary N) is 1. The highest BCUT2D eigenvalue weighted by Gasteiger charge is 2.16. The minimum absolute atomic E-state index is 0.0874. The van der Waals surface area contributed by atoms with E-state index in [4.69, 9.17) is 5.11 Å². The molecule has 4 N–H and O–H groups in total. The Kier molecular flexibility index (Phi) is 3.98. The van der Waals surface area contributed by atoms with Crippen LogP contribution in [0.5, 0.6) is 11.5 Å². The minimum Gasteiger partial charge on any atom is -0.507 e. The number of carboxylic acid groups (broad SMARTS) is 1. The molecule has 0 bridgehead atoms. The summed E-state index contributed by atoms with van der Waals surface area (Å²) < 4.78 is 13.3. The van der Waals surface area contributed by atoms with Gasteiger partial charge < -0.3 is 20.6 Å². The van der Waals surface area contributed by atoms with Crippen molar-refractivity contribution in [3.05, 3.63) is 53.3 Å². The molecule has 0 heterocycles. The summed E-state index contributed by atoms with van der Waals surface area (Å²) in [6.07, 6.45) is 0. The standard InChI is InChI=1S/C15H14FNO4/c1-8(14-12(18)3-2-4-13(14)19)17-9-5-6-11(16)10(7-9)15(20)21/h2-8,17-19H,1H3,(H,20,21). The van der Waals surface area contributed by atoms with E-state index in [0.29, 0.717) is 5.69 Å². The van der Waals surface area contributed by atoms with Gasteiger partial charge in [0.1, 0.15) is 17.3 Å². The molecule has 2 aromatic carbocycles. The summed E-state index contributed by atoms with van der Waals surface area (Å²) in [5.74, 6) is -2.37. The van der Waals surface area contributed by atoms with Gasteiger partial charge in [-0.2, -0.15) is 0 Å². The minimum atomic E-state index is -1.37. The molecule has 0 aliphatic heterocycles. The molecule has 21 heavy (non-hydrogen) atoms. The van der Waals surface area contributed by atoms with Crippen molar-refractivity contribution in [1.82, 2.24) is 0 Å². The summed E-state index contributed by atoms with van der Waals surface area (Å²) in [7, 11) is 0. The fourth-order valence-electron chi connectivity index (χ4n) is 2.09. The van der Waals surface area contributed by atoms with Gasteiger partial charge in [-0.25, -0.2) is 9.18 Å². The highest BCUT2D eigenvalue weighted by atomic mass is 19.1. The molecular formula is C15H14FNO4. The van der Waals surface area contributed by atoms with Gasteiger partial charge in [-0.05, 0) is 37.3 Å². The first-order valence-electron chi connectivity index (χ1n) is 6.20. The van der Waals surface area contributed by atoms with Crippen molar-refractivity contribution >= 4 is 11.7 Å². The summed E-state index contributed by atoms with van der Waals surface area (Å²) >= 11 is 0. The van der Waals surface area contributed by atoms with Crippen LogP contribution in [0.2, 0.25) is 0 Å². The van der Waals surface area contributed by atoms with Crippen LogP contribution < -0.4 is 5.32 Å². The normalized spacial score (nSPS) is 11.9. The number of carbonyl (C=O) groups is 1. The number of aromatic hydroxyl groups is 2. The van der Waals surface area contributed by atoms with E-state index < -0.39 is 23.4 Å². The predicted molar refractivity (Wildman–Crippen MR) is 75.2 cm³/mol. The molecule has 0 saturated heterocycles. The van der Waals surface area contributed by atoms with E-state index in [9.17, 15) is 19.4 Å². The van der Waals surface area contributed by atoms with Crippen LogP contribution in [0, 0.1) is 5.82 Å². The number of anilines is 1. The molecule has 110 valence electrons. The molecule has 5 nitrogen and oxygen atoms in total. The first kappa shape index (κ1) is 14.6. The number of phenols is 2. The average molecular weight is 291 g/mol. The van der Waals surface area contributed by atoms with Gasteiger partial charge in [-0.3, -0.25) is 0 Å². The van der Waals surface area contributed by atoms with Gasteiger partial charge in [0.2, 0.25) is 0 Å². The highest BCUT2D eigenvalue weighted by Crippen LogP contribution is 2.34. The number of halogens is 1. The van der Waals surface area contributed by atoms with Crippen LogP contribution in [0.4, 0.5) is 10.1 Å². The first-order valence-corrected chi connectivity index (χ1v) is 6.20. The molecule has 0 spiro atoms. The molecule has 0 amide bonds. The Labute approximate surface area is 120 Å². The van der Waals surface area contributed by atoms with E-state index in [1.807, 2.05) is 0 Å². The largest absolute Gasteiger partial charge is 0.507 e. The molecule has 0 aliphatic rings. The molecule has 0 radical (unpaired) electrons. The Hall–Kier alpha value is -2.76. The van der Waals surface area contributed by atoms with Crippen molar-refractivity contribution in [3.63, 3.8) is 0 Å². The van der Waals surface area contributed by atoms with Crippen molar-refractivity contribution in [2.45, 2.75) is 13.0 Å². The SMILES string of the molecule is CC(Nc1ccc(F)c(C(=O)O)c1)c1c(O)cccc1O. The summed E-state index contributed by atoms with van der Waals surface area (Å²) in [5, 5.41) is 31.3. The highest BCUT2D eigenvalue weighted by molar-refractivity contribution is 5.89. The zero-order valence-corrected chi connectivity index (χ0v) is 11.2. The molecule has 6 heteroatoms. The van der Waals surface area contributed by atoms with Gasteiger partial charge in [-0.15, -0.1) is 0 Å². The molecule has 1 atom stereocenters. The lowest BCUT2D eigenvalue weighted by Gasteiger charge is -2.18. The van der Waals surface area contributed by atoms with E-state index in [1.165, 1.54) is 24.3 Å². The number of hydrogen-bond acceptors (Lipinski definition) is 4. The molecule has 0 aromatic heterocycles. The van der Waals surface area contributed by atoms with Gasteiger partial charge in [0, 0.05) is 5.69 Å². The van der Waals surface area contributed by atoms with Crippen molar-refractivity contribution in [2.24, 2.45) is 0 Å². The van der Waals surface area contributed by atoms with Crippen LogP contribution >= 0.6 is 0 Å². The van der Waals surface area contributed by atoms with Crippen LogP contribution in [0.25, 0.3) is 0 Å². The quantitative estimate of drug-likeness (QED) is 0.695. The smallest absolute Gasteiger partial charge is 0.338 e. The van der Waals surface area contributed by atoms with Crippen molar-refractivity contribution < 1.29 is 24.5 Å². The second-order valence-corrected chi connectivity index (χ2v) is 4.58. The van der Waals surface area contributed by atoms with Crippen LogP contribution in [0.15, 0.2) is 36.4 Å². The molecule has 2 aromatic rings. The van der Waals surface area contributed by atoms with Gasteiger partial charge >= 0.3 is 5.97 Å². The lowest BCUT2D eigenvalue weighted by Crippen LogP contribution is -2.09. The Balaban J connectivity index is 2.30. The summed E-state index contributed by atoms with van der Waals surface area (Å²) in [4.78, 5) is 10.9. The third-order valence-corrected chi connectivity index (χ3v) is 3.07. The second-order valence-electron chi connectivity index (χ2n) is 4.58. The van der Waals surface area contributed by atoms with Crippen molar-refractivity contribution in [3.8, 4) is 11.5 Å². The van der Waals surface area contributed by atoms with E-state index in [-0.39, 0.29) is 17.1 Å². The molecule has 0 saturated carbocycles. The molecule has 0 fully saturated rings. The van der Waals surface area contributed by atoms with Crippen LogP contribution in [-0.2, 0) is 0 Å². The molecule has 1 unspecified atom stereocenters. The summed E-state index contributed by atoms with van der Waals surface area (Å²) in [6.45, 7) is 1.68. The fourth-order valence-corrected chi connectivity index (χ4v) is 2.09. The van der Waals surface area contributed by atoms with E-state index in [1.54, 1.807) is 6.92 Å². The molecule has 0 aliphatic carbocycles. The first-order chi connectivity index (χ1) is 9.90. The summed E-state index contributed by atoms with van der Waals surface area (Å²) in [5.41, 5.74) is 0.191. The molecular weight excluding hydrogens is 277 g/mol. The predicted octanol–water partition coefficient (Wildman–Crippen LogP) is 3.11. The van der Waals surface area contributed by atoms with Crippen LogP contribution in [-0.4, -0.2) is 21.3 Å². The summed E-state index contributed by atoms with van der Waals surface area (Å²) in [6, 6.07) is 7.45. The van der Waals surface area contributed by atoms with Gasteiger partial charge in [0.05, 0.1) is 17.2 Å². The number of phenolic OH excluding ortho intramolecular Hbond substituents is 2. The van der Waals surface area contributed by atoms with E-state index in [0.717, 1.165) is 12.1 Å². The van der Waals surface area contributed by atoms with Gasteiger partial charge in [0.25, 0.3) is 0 Å². The zero-order chi connectivity index (χ0) is 15.6. The van der Waals surface area contributed by atoms with E-state index >= 15 is 0 Å². The lowest BCUT2D eigenvalue weighted by molar-refractivity contribution is 0.0692. The maximum Gasteiger partial charge on any atom is 0.338 e. The number of aromatic carboxylic acids is 1. The number of rotatable bonds is 4. The van der Waals surface area contributed by atoms with E-state index in [2.05, 4.69) is 5.32 Å². The van der Waals surface area contributed by atoms with Gasteiger partial charge in [-0.1, -0.05) is 6.07 Å². The Morgan fingerprint density at radius 3 is 2.38 bits per heavy atom. The maximum absolute atomic E-state index is 13.3. The van der Waals surface area contributed by atoms with Crippen molar-refractivity contribution in [2.75, 3.05) is 5.32 Å². The average Bonchev–Trinajstić information content (AvgIpc) is 2.40. The molecule has 2 rings (SSSR count). The third kappa shape index (κ3) is 3.05. The monoisotopic (exact) mass is 291 g/mol. The zero-order valence-electron chi connectivity index (χ0n) is 11.2. The second kappa shape index (κ2) is 5.70. The van der Waals surface area contributed by atoms with Crippen LogP contribution in [0.3, 0.4) is 0 Å². The Morgan fingerprint density at radius 1 is 1.19 bits per heavy atom. The maximum atomic E-state index is 13.3. The van der Waals surface area contributed by atoms with Gasteiger partial charge in [0.15, 0.2) is 0 Å². The lowest BCUT2D eigenvalue weighted by atomic mass is 10.1. The fraction of sp³-hybridized carbons (Fsp3) is 0.133. The van der Waals surface area contributed by atoms with Crippen LogP contribution in [0.1, 0.15) is 28.9 Å². The number of hydrogen-bond donors (Lipinski definition) is 4. The van der Waals surface area contributed by atoms with Crippen molar-refractivity contribution in [1.29, 1.82) is 0 Å². The topological polar surface area (TPSA) is 89.8 Å². The third-order valence-electron chi connectivity index (χ3n) is 3.07. The number of benzene rings is 2.